The highest BCUT2D eigenvalue weighted by Gasteiger charge is 2.58. The Balaban J connectivity index is 1.35. The number of morpholine rings is 1. The standard InChI is InChI=1S/C17H26N4O2/c1-13-9-19-21(10-13)12-14-11-20(6-7-23-14)16(22)15-8-17(15)2-4-18-5-3-17/h9-10,14-15,18H,2-8,11-12H2,1H3. The van der Waals surface area contributed by atoms with Crippen LogP contribution in [0.25, 0.3) is 0 Å². The van der Waals surface area contributed by atoms with Crippen molar-refractivity contribution >= 4 is 5.91 Å². The van der Waals surface area contributed by atoms with Crippen LogP contribution in [0.15, 0.2) is 12.4 Å². The topological polar surface area (TPSA) is 59.4 Å². The summed E-state index contributed by atoms with van der Waals surface area (Å²) in [5.41, 5.74) is 1.47. The molecule has 0 bridgehead atoms. The van der Waals surface area contributed by atoms with Crippen LogP contribution in [-0.2, 0) is 16.1 Å². The van der Waals surface area contributed by atoms with E-state index in [1.807, 2.05) is 28.9 Å². The molecule has 2 aliphatic heterocycles. The van der Waals surface area contributed by atoms with Crippen molar-refractivity contribution in [3.63, 3.8) is 0 Å². The zero-order valence-corrected chi connectivity index (χ0v) is 13.8. The van der Waals surface area contributed by atoms with E-state index in [-0.39, 0.29) is 12.0 Å². The van der Waals surface area contributed by atoms with Gasteiger partial charge in [-0.1, -0.05) is 0 Å². The van der Waals surface area contributed by atoms with Gasteiger partial charge in [0.05, 0.1) is 25.5 Å². The summed E-state index contributed by atoms with van der Waals surface area (Å²) in [4.78, 5) is 14.9. The first-order valence-electron chi connectivity index (χ1n) is 8.76. The molecular formula is C17H26N4O2. The van der Waals surface area contributed by atoms with Crippen LogP contribution in [0.1, 0.15) is 24.8 Å². The molecule has 2 atom stereocenters. The second kappa shape index (κ2) is 5.91. The van der Waals surface area contributed by atoms with Gasteiger partial charge in [0.15, 0.2) is 0 Å². The van der Waals surface area contributed by atoms with Crippen LogP contribution in [0.3, 0.4) is 0 Å². The van der Waals surface area contributed by atoms with Gasteiger partial charge in [-0.3, -0.25) is 9.48 Å². The van der Waals surface area contributed by atoms with Gasteiger partial charge in [-0.2, -0.15) is 5.10 Å². The van der Waals surface area contributed by atoms with Gasteiger partial charge in [-0.15, -0.1) is 0 Å². The zero-order chi connectivity index (χ0) is 15.9. The number of hydrogen-bond acceptors (Lipinski definition) is 4. The smallest absolute Gasteiger partial charge is 0.226 e. The maximum atomic E-state index is 12.9. The van der Waals surface area contributed by atoms with Crippen LogP contribution in [0, 0.1) is 18.3 Å². The van der Waals surface area contributed by atoms with Crippen LogP contribution in [0.2, 0.25) is 0 Å². The minimum absolute atomic E-state index is 0.0507. The van der Waals surface area contributed by atoms with Gasteiger partial charge in [0.1, 0.15) is 0 Å². The number of amides is 1. The highest BCUT2D eigenvalue weighted by atomic mass is 16.5. The SMILES string of the molecule is Cc1cnn(CC2CN(C(=O)C3CC34CCNCC4)CCO2)c1. The molecule has 2 unspecified atom stereocenters. The summed E-state index contributed by atoms with van der Waals surface area (Å²) >= 11 is 0. The van der Waals surface area contributed by atoms with E-state index in [4.69, 9.17) is 4.74 Å². The van der Waals surface area contributed by atoms with E-state index < -0.39 is 0 Å². The first-order chi connectivity index (χ1) is 11.2. The van der Waals surface area contributed by atoms with Crippen LogP contribution in [0.4, 0.5) is 0 Å². The summed E-state index contributed by atoms with van der Waals surface area (Å²) in [6.45, 7) is 6.95. The van der Waals surface area contributed by atoms with E-state index in [1.54, 1.807) is 0 Å². The highest BCUT2D eigenvalue weighted by molar-refractivity contribution is 5.83. The van der Waals surface area contributed by atoms with Gasteiger partial charge < -0.3 is 15.0 Å². The maximum Gasteiger partial charge on any atom is 0.226 e. The average Bonchev–Trinajstić information content (AvgIpc) is 3.09. The second-order valence-corrected chi connectivity index (χ2v) is 7.39. The second-order valence-electron chi connectivity index (χ2n) is 7.39. The third-order valence-corrected chi connectivity index (χ3v) is 5.69. The van der Waals surface area contributed by atoms with Gasteiger partial charge in [0.2, 0.25) is 5.91 Å². The highest BCUT2D eigenvalue weighted by Crippen LogP contribution is 2.59. The summed E-state index contributed by atoms with van der Waals surface area (Å²) in [5, 5.41) is 7.72. The molecule has 0 aromatic carbocycles. The predicted molar refractivity (Wildman–Crippen MR) is 85.9 cm³/mol. The van der Waals surface area contributed by atoms with Crippen molar-refractivity contribution in [2.75, 3.05) is 32.8 Å². The summed E-state index contributed by atoms with van der Waals surface area (Å²) in [6.07, 6.45) is 7.34. The number of aryl methyl sites for hydroxylation is 1. The van der Waals surface area contributed by atoms with Crippen molar-refractivity contribution < 1.29 is 9.53 Å². The molecule has 3 heterocycles. The van der Waals surface area contributed by atoms with Crippen LogP contribution < -0.4 is 5.32 Å². The van der Waals surface area contributed by atoms with Crippen molar-refractivity contribution in [2.45, 2.75) is 38.8 Å². The molecule has 4 rings (SSSR count). The van der Waals surface area contributed by atoms with E-state index in [2.05, 4.69) is 10.4 Å². The number of hydrogen-bond donors (Lipinski definition) is 1. The molecule has 2 saturated heterocycles. The average molecular weight is 318 g/mol. The molecule has 0 radical (unpaired) electrons. The number of nitrogens with zero attached hydrogens (tertiary/aromatic N) is 3. The Morgan fingerprint density at radius 3 is 3.04 bits per heavy atom. The van der Waals surface area contributed by atoms with E-state index in [0.29, 0.717) is 24.5 Å². The molecule has 3 aliphatic rings. The molecule has 3 fully saturated rings. The van der Waals surface area contributed by atoms with E-state index >= 15 is 0 Å². The Bertz CT molecular complexity index is 579. The van der Waals surface area contributed by atoms with Crippen molar-refractivity contribution in [2.24, 2.45) is 11.3 Å². The van der Waals surface area contributed by atoms with Crippen molar-refractivity contribution in [1.82, 2.24) is 20.0 Å². The molecule has 1 amide bonds. The predicted octanol–water partition coefficient (Wildman–Crippen LogP) is 0.809. The molecule has 1 aromatic heterocycles. The number of ether oxygens (including phenoxy) is 1. The van der Waals surface area contributed by atoms with Crippen LogP contribution in [0.5, 0.6) is 0 Å². The quantitative estimate of drug-likeness (QED) is 0.896. The van der Waals surface area contributed by atoms with Crippen LogP contribution in [-0.4, -0.2) is 59.5 Å². The van der Waals surface area contributed by atoms with Gasteiger partial charge in [0, 0.05) is 25.2 Å². The van der Waals surface area contributed by atoms with E-state index in [1.165, 1.54) is 0 Å². The van der Waals surface area contributed by atoms with Gasteiger partial charge in [-0.25, -0.2) is 0 Å². The molecule has 1 aliphatic carbocycles. The maximum absolute atomic E-state index is 12.9. The van der Waals surface area contributed by atoms with Crippen molar-refractivity contribution in [3.05, 3.63) is 18.0 Å². The lowest BCUT2D eigenvalue weighted by atomic mass is 9.91. The molecule has 23 heavy (non-hydrogen) atoms. The number of aromatic nitrogens is 2. The Morgan fingerprint density at radius 2 is 2.30 bits per heavy atom. The lowest BCUT2D eigenvalue weighted by Crippen LogP contribution is -2.48. The Labute approximate surface area is 137 Å². The third kappa shape index (κ3) is 3.02. The molecule has 1 spiro atoms. The normalized spacial score (nSPS) is 29.7. The fraction of sp³-hybridized carbons (Fsp3) is 0.765. The van der Waals surface area contributed by atoms with Gasteiger partial charge >= 0.3 is 0 Å². The molecule has 1 saturated carbocycles. The number of carbonyl (C=O) groups is 1. The number of nitrogens with one attached hydrogen (secondary N) is 1. The van der Waals surface area contributed by atoms with Crippen molar-refractivity contribution in [1.29, 1.82) is 0 Å². The molecule has 1 N–H and O–H groups in total. The van der Waals surface area contributed by atoms with Crippen molar-refractivity contribution in [3.8, 4) is 0 Å². The molecule has 6 nitrogen and oxygen atoms in total. The molecule has 1 aromatic rings. The molecular weight excluding hydrogens is 292 g/mol. The zero-order valence-electron chi connectivity index (χ0n) is 13.8. The first-order valence-corrected chi connectivity index (χ1v) is 8.76. The first kappa shape index (κ1) is 15.1. The van der Waals surface area contributed by atoms with E-state index in [0.717, 1.165) is 51.0 Å². The molecule has 6 heteroatoms. The fourth-order valence-electron chi connectivity index (χ4n) is 4.20. The molecule has 126 valence electrons. The Kier molecular flexibility index (Phi) is 3.89. The minimum atomic E-state index is 0.0507. The monoisotopic (exact) mass is 318 g/mol. The van der Waals surface area contributed by atoms with Crippen LogP contribution >= 0.6 is 0 Å². The summed E-state index contributed by atoms with van der Waals surface area (Å²) in [6, 6.07) is 0. The van der Waals surface area contributed by atoms with E-state index in [9.17, 15) is 4.79 Å². The summed E-state index contributed by atoms with van der Waals surface area (Å²) < 4.78 is 7.76. The number of piperidine rings is 1. The third-order valence-electron chi connectivity index (χ3n) is 5.69. The number of carbonyl (C=O) groups excluding carboxylic acids is 1. The Hall–Kier alpha value is -1.40. The lowest BCUT2D eigenvalue weighted by Gasteiger charge is -2.34. The van der Waals surface area contributed by atoms with Gasteiger partial charge in [-0.05, 0) is 50.3 Å². The summed E-state index contributed by atoms with van der Waals surface area (Å²) in [7, 11) is 0. The van der Waals surface area contributed by atoms with Gasteiger partial charge in [0.25, 0.3) is 0 Å². The largest absolute Gasteiger partial charge is 0.373 e. The fourth-order valence-corrected chi connectivity index (χ4v) is 4.20. The lowest BCUT2D eigenvalue weighted by molar-refractivity contribution is -0.141. The number of rotatable bonds is 3. The Morgan fingerprint density at radius 1 is 1.48 bits per heavy atom. The minimum Gasteiger partial charge on any atom is -0.373 e. The summed E-state index contributed by atoms with van der Waals surface area (Å²) in [5.74, 6) is 0.618.